The lowest BCUT2D eigenvalue weighted by atomic mass is 9.78. The predicted octanol–water partition coefficient (Wildman–Crippen LogP) is -0.167. The standard InChI is InChI=1S/C11H21N3O3S/c1-2-5-13-18(16,17)14-6-3-11(4-7-14)8-10(15)12-9-11/h13H,2-9H2,1H3,(H,12,15). The van der Waals surface area contributed by atoms with Gasteiger partial charge in [-0.2, -0.15) is 12.7 Å². The molecule has 0 aromatic heterocycles. The Morgan fingerprint density at radius 2 is 2.06 bits per heavy atom. The summed E-state index contributed by atoms with van der Waals surface area (Å²) in [7, 11) is -3.33. The number of piperidine rings is 1. The van der Waals surface area contributed by atoms with Gasteiger partial charge in [0, 0.05) is 32.6 Å². The lowest BCUT2D eigenvalue weighted by Gasteiger charge is -2.37. The highest BCUT2D eigenvalue weighted by molar-refractivity contribution is 7.87. The molecule has 0 radical (unpaired) electrons. The summed E-state index contributed by atoms with van der Waals surface area (Å²) in [5.74, 6) is 0.0930. The molecule has 2 aliphatic rings. The van der Waals surface area contributed by atoms with Crippen LogP contribution >= 0.6 is 0 Å². The van der Waals surface area contributed by atoms with Crippen LogP contribution in [0.25, 0.3) is 0 Å². The first-order valence-corrected chi connectivity index (χ1v) is 7.93. The van der Waals surface area contributed by atoms with E-state index >= 15 is 0 Å². The average molecular weight is 275 g/mol. The summed E-state index contributed by atoms with van der Waals surface area (Å²) in [5, 5.41) is 2.85. The second-order valence-corrected chi connectivity index (χ2v) is 7.01. The largest absolute Gasteiger partial charge is 0.356 e. The van der Waals surface area contributed by atoms with E-state index < -0.39 is 10.2 Å². The molecule has 0 bridgehead atoms. The van der Waals surface area contributed by atoms with Gasteiger partial charge in [0.2, 0.25) is 5.91 Å². The minimum Gasteiger partial charge on any atom is -0.356 e. The van der Waals surface area contributed by atoms with Gasteiger partial charge in [-0.3, -0.25) is 4.79 Å². The lowest BCUT2D eigenvalue weighted by Crippen LogP contribution is -2.48. The fraction of sp³-hybridized carbons (Fsp3) is 0.909. The van der Waals surface area contributed by atoms with Gasteiger partial charge in [0.05, 0.1) is 0 Å². The van der Waals surface area contributed by atoms with Crippen molar-refractivity contribution in [1.82, 2.24) is 14.3 Å². The number of nitrogens with zero attached hydrogens (tertiary/aromatic N) is 1. The van der Waals surface area contributed by atoms with Crippen LogP contribution in [0.2, 0.25) is 0 Å². The molecule has 2 fully saturated rings. The topological polar surface area (TPSA) is 78.5 Å². The van der Waals surface area contributed by atoms with E-state index in [1.807, 2.05) is 6.92 Å². The molecule has 0 unspecified atom stereocenters. The molecular weight excluding hydrogens is 254 g/mol. The summed E-state index contributed by atoms with van der Waals surface area (Å²) in [6, 6.07) is 0. The molecule has 18 heavy (non-hydrogen) atoms. The third-order valence-corrected chi connectivity index (χ3v) is 5.47. The molecule has 0 aliphatic carbocycles. The van der Waals surface area contributed by atoms with Crippen LogP contribution in [0.1, 0.15) is 32.6 Å². The van der Waals surface area contributed by atoms with Gasteiger partial charge >= 0.3 is 0 Å². The zero-order chi connectivity index (χ0) is 13.2. The summed E-state index contributed by atoms with van der Waals surface area (Å²) in [6.45, 7) is 4.12. The summed E-state index contributed by atoms with van der Waals surface area (Å²) in [4.78, 5) is 11.3. The van der Waals surface area contributed by atoms with Crippen LogP contribution < -0.4 is 10.0 Å². The van der Waals surface area contributed by atoms with Crippen molar-refractivity contribution in [3.8, 4) is 0 Å². The Hall–Kier alpha value is -0.660. The van der Waals surface area contributed by atoms with E-state index in [2.05, 4.69) is 10.0 Å². The zero-order valence-corrected chi connectivity index (χ0v) is 11.6. The van der Waals surface area contributed by atoms with Gasteiger partial charge in [0.25, 0.3) is 10.2 Å². The Labute approximate surface area is 108 Å². The fourth-order valence-electron chi connectivity index (χ4n) is 2.63. The SMILES string of the molecule is CCCNS(=O)(=O)N1CCC2(CC1)CNC(=O)C2. The number of rotatable bonds is 4. The van der Waals surface area contributed by atoms with Gasteiger partial charge in [-0.1, -0.05) is 6.92 Å². The van der Waals surface area contributed by atoms with Crippen molar-refractivity contribution in [3.63, 3.8) is 0 Å². The average Bonchev–Trinajstić information content (AvgIpc) is 2.69. The fourth-order valence-corrected chi connectivity index (χ4v) is 3.94. The molecule has 6 nitrogen and oxygen atoms in total. The van der Waals surface area contributed by atoms with Crippen LogP contribution in [0.5, 0.6) is 0 Å². The van der Waals surface area contributed by atoms with Crippen molar-refractivity contribution in [3.05, 3.63) is 0 Å². The molecule has 2 saturated heterocycles. The molecule has 1 amide bonds. The molecule has 0 atom stereocenters. The first-order chi connectivity index (χ1) is 8.47. The van der Waals surface area contributed by atoms with Crippen LogP contribution in [0, 0.1) is 5.41 Å². The Kier molecular flexibility index (Phi) is 3.93. The van der Waals surface area contributed by atoms with Gasteiger partial charge in [-0.25, -0.2) is 4.72 Å². The molecule has 0 aromatic rings. The lowest BCUT2D eigenvalue weighted by molar-refractivity contribution is -0.119. The van der Waals surface area contributed by atoms with Crippen molar-refractivity contribution < 1.29 is 13.2 Å². The first-order valence-electron chi connectivity index (χ1n) is 6.49. The molecular formula is C11H21N3O3S. The van der Waals surface area contributed by atoms with Crippen LogP contribution in [0.15, 0.2) is 0 Å². The van der Waals surface area contributed by atoms with Crippen LogP contribution in [0.4, 0.5) is 0 Å². The van der Waals surface area contributed by atoms with E-state index in [1.54, 1.807) is 0 Å². The number of hydrogen-bond acceptors (Lipinski definition) is 3. The second kappa shape index (κ2) is 5.14. The molecule has 0 saturated carbocycles. The Balaban J connectivity index is 1.92. The van der Waals surface area contributed by atoms with Crippen molar-refractivity contribution in [1.29, 1.82) is 0 Å². The minimum atomic E-state index is -3.33. The predicted molar refractivity (Wildman–Crippen MR) is 68.1 cm³/mol. The van der Waals surface area contributed by atoms with Crippen molar-refractivity contribution in [2.24, 2.45) is 5.41 Å². The van der Waals surface area contributed by atoms with E-state index in [0.717, 1.165) is 19.3 Å². The van der Waals surface area contributed by atoms with Gasteiger partial charge in [0.15, 0.2) is 0 Å². The molecule has 2 N–H and O–H groups in total. The summed E-state index contributed by atoms with van der Waals surface area (Å²) in [5.41, 5.74) is -0.00609. The maximum Gasteiger partial charge on any atom is 0.279 e. The Bertz CT molecular complexity index is 413. The van der Waals surface area contributed by atoms with Crippen LogP contribution in [-0.2, 0) is 15.0 Å². The van der Waals surface area contributed by atoms with E-state index in [-0.39, 0.29) is 11.3 Å². The second-order valence-electron chi connectivity index (χ2n) is 5.25. The van der Waals surface area contributed by atoms with Gasteiger partial charge in [-0.05, 0) is 24.7 Å². The van der Waals surface area contributed by atoms with Crippen molar-refractivity contribution >= 4 is 16.1 Å². The third kappa shape index (κ3) is 2.84. The molecule has 7 heteroatoms. The molecule has 2 rings (SSSR count). The zero-order valence-electron chi connectivity index (χ0n) is 10.7. The van der Waals surface area contributed by atoms with Crippen molar-refractivity contribution in [2.45, 2.75) is 32.6 Å². The maximum atomic E-state index is 11.9. The molecule has 104 valence electrons. The van der Waals surface area contributed by atoms with E-state index in [0.29, 0.717) is 32.6 Å². The summed E-state index contributed by atoms with van der Waals surface area (Å²) < 4.78 is 28.0. The highest BCUT2D eigenvalue weighted by Crippen LogP contribution is 2.37. The monoisotopic (exact) mass is 275 g/mol. The number of nitrogens with one attached hydrogen (secondary N) is 2. The minimum absolute atomic E-state index is 0.00609. The number of amides is 1. The van der Waals surface area contributed by atoms with Gasteiger partial charge in [0.1, 0.15) is 0 Å². The van der Waals surface area contributed by atoms with E-state index in [1.165, 1.54) is 4.31 Å². The quantitative estimate of drug-likeness (QED) is 0.748. The van der Waals surface area contributed by atoms with Crippen LogP contribution in [-0.4, -0.2) is 44.8 Å². The molecule has 0 aromatic carbocycles. The van der Waals surface area contributed by atoms with Gasteiger partial charge < -0.3 is 5.32 Å². The third-order valence-electron chi connectivity index (χ3n) is 3.85. The van der Waals surface area contributed by atoms with Gasteiger partial charge in [-0.15, -0.1) is 0 Å². The molecule has 2 heterocycles. The van der Waals surface area contributed by atoms with Crippen molar-refractivity contribution in [2.75, 3.05) is 26.2 Å². The normalized spacial score (nSPS) is 24.4. The van der Waals surface area contributed by atoms with E-state index in [9.17, 15) is 13.2 Å². The Morgan fingerprint density at radius 1 is 1.39 bits per heavy atom. The summed E-state index contributed by atoms with van der Waals surface area (Å²) in [6.07, 6.45) is 2.86. The molecule has 1 spiro atoms. The highest BCUT2D eigenvalue weighted by Gasteiger charge is 2.42. The maximum absolute atomic E-state index is 11.9. The number of carbonyl (C=O) groups is 1. The number of carbonyl (C=O) groups excluding carboxylic acids is 1. The van der Waals surface area contributed by atoms with E-state index in [4.69, 9.17) is 0 Å². The highest BCUT2D eigenvalue weighted by atomic mass is 32.2. The smallest absolute Gasteiger partial charge is 0.279 e. The van der Waals surface area contributed by atoms with Crippen LogP contribution in [0.3, 0.4) is 0 Å². The first kappa shape index (κ1) is 13.8. The number of hydrogen-bond donors (Lipinski definition) is 2. The summed E-state index contributed by atoms with van der Waals surface area (Å²) >= 11 is 0. The molecule has 2 aliphatic heterocycles. The Morgan fingerprint density at radius 3 is 2.56 bits per heavy atom.